The maximum atomic E-state index is 10.7. The van der Waals surface area contributed by atoms with Gasteiger partial charge in [-0.05, 0) is 24.4 Å². The van der Waals surface area contributed by atoms with E-state index in [9.17, 15) is 10.1 Å². The monoisotopic (exact) mass is 317 g/mol. The molecular weight excluding hydrogens is 306 g/mol. The summed E-state index contributed by atoms with van der Waals surface area (Å²) in [6.45, 7) is 1.35. The van der Waals surface area contributed by atoms with Crippen LogP contribution >= 0.6 is 23.6 Å². The Balaban J connectivity index is 2.12. The van der Waals surface area contributed by atoms with E-state index in [4.69, 9.17) is 12.2 Å². The summed E-state index contributed by atoms with van der Waals surface area (Å²) in [7, 11) is 0. The molecule has 106 valence electrons. The molecule has 1 aromatic heterocycles. The molecule has 8 heteroatoms. The van der Waals surface area contributed by atoms with Gasteiger partial charge in [0.05, 0.1) is 10.2 Å². The zero-order chi connectivity index (χ0) is 15.2. The summed E-state index contributed by atoms with van der Waals surface area (Å²) in [5, 5.41) is 12.7. The fraction of sp³-hybridized carbons (Fsp3) is 0.0769. The molecule has 0 atom stereocenters. The highest BCUT2D eigenvalue weighted by Crippen LogP contribution is 2.26. The van der Waals surface area contributed by atoms with Crippen molar-refractivity contribution in [1.82, 2.24) is 21.2 Å². The SMILES string of the molecule is CC(=O)NNC(=S)N/C=C(\C#N)c1nc2ccccc2s1. The van der Waals surface area contributed by atoms with Gasteiger partial charge in [-0.3, -0.25) is 15.6 Å². The molecule has 0 saturated heterocycles. The van der Waals surface area contributed by atoms with Crippen LogP contribution in [0.25, 0.3) is 15.8 Å². The third-order valence-electron chi connectivity index (χ3n) is 2.34. The lowest BCUT2D eigenvalue weighted by molar-refractivity contribution is -0.119. The second kappa shape index (κ2) is 6.78. The van der Waals surface area contributed by atoms with E-state index in [1.807, 2.05) is 24.3 Å². The lowest BCUT2D eigenvalue weighted by atomic mass is 10.3. The molecule has 0 aliphatic heterocycles. The molecule has 0 fully saturated rings. The summed E-state index contributed by atoms with van der Waals surface area (Å²) in [5.41, 5.74) is 6.03. The maximum absolute atomic E-state index is 10.7. The maximum Gasteiger partial charge on any atom is 0.235 e. The van der Waals surface area contributed by atoms with Gasteiger partial charge in [0.2, 0.25) is 5.91 Å². The number of aromatic nitrogens is 1. The van der Waals surface area contributed by atoms with E-state index in [-0.39, 0.29) is 11.0 Å². The number of thiazole rings is 1. The highest BCUT2D eigenvalue weighted by atomic mass is 32.1. The number of para-hydroxylation sites is 1. The minimum Gasteiger partial charge on any atom is -0.336 e. The van der Waals surface area contributed by atoms with Crippen molar-refractivity contribution in [3.05, 3.63) is 35.5 Å². The van der Waals surface area contributed by atoms with E-state index in [1.54, 1.807) is 0 Å². The largest absolute Gasteiger partial charge is 0.336 e. The molecule has 1 amide bonds. The third kappa shape index (κ3) is 3.98. The standard InChI is InChI=1S/C13H11N5OS2/c1-8(19)17-18-13(20)15-7-9(6-14)12-16-10-4-2-3-5-11(10)21-12/h2-5,7H,1H3,(H,17,19)(H2,15,18,20)/b9-7+. The van der Waals surface area contributed by atoms with Crippen molar-refractivity contribution >= 4 is 50.4 Å². The van der Waals surface area contributed by atoms with Crippen molar-refractivity contribution in [3.63, 3.8) is 0 Å². The van der Waals surface area contributed by atoms with E-state index in [0.29, 0.717) is 10.6 Å². The molecule has 0 aliphatic rings. The number of benzene rings is 1. The topological polar surface area (TPSA) is 89.8 Å². The lowest BCUT2D eigenvalue weighted by Gasteiger charge is -2.06. The van der Waals surface area contributed by atoms with Crippen molar-refractivity contribution in [1.29, 1.82) is 5.26 Å². The first-order chi connectivity index (χ1) is 10.1. The zero-order valence-corrected chi connectivity index (χ0v) is 12.6. The summed E-state index contributed by atoms with van der Waals surface area (Å²) in [5.74, 6) is -0.269. The third-order valence-corrected chi connectivity index (χ3v) is 3.63. The highest BCUT2D eigenvalue weighted by molar-refractivity contribution is 7.80. The normalized spacial score (nSPS) is 10.8. The van der Waals surface area contributed by atoms with Gasteiger partial charge in [-0.1, -0.05) is 12.1 Å². The van der Waals surface area contributed by atoms with E-state index >= 15 is 0 Å². The predicted octanol–water partition coefficient (Wildman–Crippen LogP) is 1.68. The number of rotatable bonds is 2. The first-order valence-corrected chi connectivity index (χ1v) is 7.12. The van der Waals surface area contributed by atoms with Crippen LogP contribution in [0.3, 0.4) is 0 Å². The second-order valence-electron chi connectivity index (χ2n) is 3.94. The highest BCUT2D eigenvalue weighted by Gasteiger charge is 2.08. The predicted molar refractivity (Wildman–Crippen MR) is 85.9 cm³/mol. The van der Waals surface area contributed by atoms with Crippen LogP contribution in [0.4, 0.5) is 0 Å². The Morgan fingerprint density at radius 1 is 1.43 bits per heavy atom. The molecule has 21 heavy (non-hydrogen) atoms. The van der Waals surface area contributed by atoms with Crippen LogP contribution < -0.4 is 16.2 Å². The van der Waals surface area contributed by atoms with Crippen LogP contribution in [0.5, 0.6) is 0 Å². The molecule has 3 N–H and O–H groups in total. The molecule has 0 radical (unpaired) electrons. The van der Waals surface area contributed by atoms with Gasteiger partial charge in [-0.15, -0.1) is 11.3 Å². The number of hydrogen-bond donors (Lipinski definition) is 3. The molecule has 0 saturated carbocycles. The van der Waals surface area contributed by atoms with Crippen molar-refractivity contribution in [2.75, 3.05) is 0 Å². The van der Waals surface area contributed by atoms with Gasteiger partial charge in [-0.25, -0.2) is 4.98 Å². The Hall–Kier alpha value is -2.50. The van der Waals surface area contributed by atoms with E-state index < -0.39 is 0 Å². The molecule has 2 aromatic rings. The van der Waals surface area contributed by atoms with Crippen molar-refractivity contribution in [2.24, 2.45) is 0 Å². The number of nitriles is 1. The minimum absolute atomic E-state index is 0.180. The van der Waals surface area contributed by atoms with Crippen LogP contribution in [0.2, 0.25) is 0 Å². The number of hydrazine groups is 1. The second-order valence-corrected chi connectivity index (χ2v) is 5.38. The van der Waals surface area contributed by atoms with Crippen LogP contribution in [-0.2, 0) is 4.79 Å². The number of amides is 1. The summed E-state index contributed by atoms with van der Waals surface area (Å²) < 4.78 is 1.01. The van der Waals surface area contributed by atoms with Crippen LogP contribution in [0.1, 0.15) is 11.9 Å². The van der Waals surface area contributed by atoms with Crippen molar-refractivity contribution in [3.8, 4) is 6.07 Å². The Morgan fingerprint density at radius 2 is 2.19 bits per heavy atom. The number of nitrogens with one attached hydrogen (secondary N) is 3. The number of fused-ring (bicyclic) bond motifs is 1. The molecule has 0 bridgehead atoms. The van der Waals surface area contributed by atoms with Gasteiger partial charge >= 0.3 is 0 Å². The van der Waals surface area contributed by atoms with E-state index in [1.165, 1.54) is 24.5 Å². The number of thiocarbonyl (C=S) groups is 1. The smallest absolute Gasteiger partial charge is 0.235 e. The number of hydrogen-bond acceptors (Lipinski definition) is 5. The van der Waals surface area contributed by atoms with Crippen LogP contribution in [0, 0.1) is 11.3 Å². The van der Waals surface area contributed by atoms with E-state index in [2.05, 4.69) is 27.2 Å². The average Bonchev–Trinajstić information content (AvgIpc) is 2.89. The number of carbonyl (C=O) groups is 1. The van der Waals surface area contributed by atoms with Crippen LogP contribution in [0.15, 0.2) is 30.5 Å². The number of carbonyl (C=O) groups excluding carboxylic acids is 1. The summed E-state index contributed by atoms with van der Waals surface area (Å²) in [6.07, 6.45) is 1.45. The summed E-state index contributed by atoms with van der Waals surface area (Å²) in [4.78, 5) is 15.1. The number of allylic oxidation sites excluding steroid dienone is 1. The van der Waals surface area contributed by atoms with Crippen molar-refractivity contribution in [2.45, 2.75) is 6.92 Å². The van der Waals surface area contributed by atoms with E-state index in [0.717, 1.165) is 10.2 Å². The van der Waals surface area contributed by atoms with Gasteiger partial charge in [0.25, 0.3) is 0 Å². The quantitative estimate of drug-likeness (QED) is 0.443. The molecule has 0 spiro atoms. The molecule has 6 nitrogen and oxygen atoms in total. The van der Waals surface area contributed by atoms with Gasteiger partial charge < -0.3 is 5.32 Å². The first-order valence-electron chi connectivity index (χ1n) is 5.89. The summed E-state index contributed by atoms with van der Waals surface area (Å²) in [6, 6.07) is 9.72. The molecule has 1 aromatic carbocycles. The first kappa shape index (κ1) is 14.9. The zero-order valence-electron chi connectivity index (χ0n) is 11.0. The lowest BCUT2D eigenvalue weighted by Crippen LogP contribution is -2.44. The van der Waals surface area contributed by atoms with Gasteiger partial charge in [0.15, 0.2) is 5.11 Å². The molecule has 2 rings (SSSR count). The van der Waals surface area contributed by atoms with Gasteiger partial charge in [-0.2, -0.15) is 5.26 Å². The fourth-order valence-electron chi connectivity index (χ4n) is 1.45. The Labute approximate surface area is 130 Å². The minimum atomic E-state index is -0.269. The molecular formula is C13H11N5OS2. The molecule has 0 aliphatic carbocycles. The Kier molecular flexibility index (Phi) is 4.81. The molecule has 0 unspecified atom stereocenters. The Morgan fingerprint density at radius 3 is 2.86 bits per heavy atom. The van der Waals surface area contributed by atoms with Crippen LogP contribution in [-0.4, -0.2) is 16.0 Å². The van der Waals surface area contributed by atoms with Crippen molar-refractivity contribution < 1.29 is 4.79 Å². The van der Waals surface area contributed by atoms with Gasteiger partial charge in [0.1, 0.15) is 16.6 Å². The summed E-state index contributed by atoms with van der Waals surface area (Å²) >= 11 is 6.37. The Bertz CT molecular complexity index is 726. The molecule has 1 heterocycles. The fourth-order valence-corrected chi connectivity index (χ4v) is 2.49. The number of nitrogens with zero attached hydrogens (tertiary/aromatic N) is 2. The average molecular weight is 317 g/mol. The van der Waals surface area contributed by atoms with Gasteiger partial charge in [0, 0.05) is 13.1 Å².